The SMILES string of the molecule is CCCCCOC(C)CCNCCC. The van der Waals surface area contributed by atoms with Gasteiger partial charge in [-0.3, -0.25) is 0 Å². The molecule has 86 valence electrons. The molecule has 0 fully saturated rings. The van der Waals surface area contributed by atoms with E-state index in [2.05, 4.69) is 26.1 Å². The van der Waals surface area contributed by atoms with E-state index in [1.165, 1.54) is 25.7 Å². The quantitative estimate of drug-likeness (QED) is 0.549. The molecular formula is C12H27NO. The zero-order chi connectivity index (χ0) is 10.6. The lowest BCUT2D eigenvalue weighted by molar-refractivity contribution is 0.0579. The van der Waals surface area contributed by atoms with Crippen molar-refractivity contribution in [2.24, 2.45) is 0 Å². The van der Waals surface area contributed by atoms with Crippen LogP contribution in [0.25, 0.3) is 0 Å². The van der Waals surface area contributed by atoms with E-state index in [1.807, 2.05) is 0 Å². The highest BCUT2D eigenvalue weighted by Crippen LogP contribution is 2.00. The Bertz CT molecular complexity index is 94.5. The van der Waals surface area contributed by atoms with Gasteiger partial charge < -0.3 is 10.1 Å². The molecule has 0 spiro atoms. The van der Waals surface area contributed by atoms with Gasteiger partial charge in [-0.25, -0.2) is 0 Å². The molecule has 0 bridgehead atoms. The molecule has 1 N–H and O–H groups in total. The van der Waals surface area contributed by atoms with Crippen molar-refractivity contribution in [3.63, 3.8) is 0 Å². The predicted molar refractivity (Wildman–Crippen MR) is 62.7 cm³/mol. The molecule has 14 heavy (non-hydrogen) atoms. The van der Waals surface area contributed by atoms with Crippen LogP contribution in [0.2, 0.25) is 0 Å². The van der Waals surface area contributed by atoms with Crippen LogP contribution >= 0.6 is 0 Å². The first-order valence-electron chi connectivity index (χ1n) is 6.13. The maximum atomic E-state index is 5.68. The summed E-state index contributed by atoms with van der Waals surface area (Å²) in [6.07, 6.45) is 6.54. The first-order valence-corrected chi connectivity index (χ1v) is 6.13. The smallest absolute Gasteiger partial charge is 0.0559 e. The highest BCUT2D eigenvalue weighted by Gasteiger charge is 2.00. The largest absolute Gasteiger partial charge is 0.378 e. The normalized spacial score (nSPS) is 13.1. The molecule has 0 radical (unpaired) electrons. The molecule has 1 unspecified atom stereocenters. The molecule has 2 heteroatoms. The van der Waals surface area contributed by atoms with Crippen LogP contribution in [0.1, 0.15) is 52.9 Å². The summed E-state index contributed by atoms with van der Waals surface area (Å²) in [5.41, 5.74) is 0. The number of hydrogen-bond acceptors (Lipinski definition) is 2. The molecule has 0 aromatic rings. The van der Waals surface area contributed by atoms with Crippen molar-refractivity contribution in [1.29, 1.82) is 0 Å². The fourth-order valence-electron chi connectivity index (χ4n) is 1.33. The van der Waals surface area contributed by atoms with Crippen LogP contribution in [0, 0.1) is 0 Å². The maximum Gasteiger partial charge on any atom is 0.0559 e. The average Bonchev–Trinajstić information content (AvgIpc) is 2.19. The lowest BCUT2D eigenvalue weighted by atomic mass is 10.2. The Hall–Kier alpha value is -0.0800. The molecule has 0 heterocycles. The predicted octanol–water partition coefficient (Wildman–Crippen LogP) is 2.97. The second kappa shape index (κ2) is 11.0. The van der Waals surface area contributed by atoms with Crippen LogP contribution in [0.15, 0.2) is 0 Å². The van der Waals surface area contributed by atoms with Crippen LogP contribution in [0.3, 0.4) is 0 Å². The second-order valence-electron chi connectivity index (χ2n) is 3.93. The Morgan fingerprint density at radius 2 is 1.86 bits per heavy atom. The summed E-state index contributed by atoms with van der Waals surface area (Å²) >= 11 is 0. The topological polar surface area (TPSA) is 21.3 Å². The second-order valence-corrected chi connectivity index (χ2v) is 3.93. The summed E-state index contributed by atoms with van der Waals surface area (Å²) in [5.74, 6) is 0. The van der Waals surface area contributed by atoms with Gasteiger partial charge in [0.05, 0.1) is 6.10 Å². The van der Waals surface area contributed by atoms with Crippen molar-refractivity contribution in [1.82, 2.24) is 5.32 Å². The number of ether oxygens (including phenoxy) is 1. The average molecular weight is 201 g/mol. The number of rotatable bonds is 10. The minimum absolute atomic E-state index is 0.413. The lowest BCUT2D eigenvalue weighted by Crippen LogP contribution is -2.21. The summed E-state index contributed by atoms with van der Waals surface area (Å²) in [6, 6.07) is 0. The van der Waals surface area contributed by atoms with Crippen molar-refractivity contribution in [3.05, 3.63) is 0 Å². The Morgan fingerprint density at radius 1 is 1.07 bits per heavy atom. The van der Waals surface area contributed by atoms with E-state index in [-0.39, 0.29) is 0 Å². The summed E-state index contributed by atoms with van der Waals surface area (Å²) in [7, 11) is 0. The Morgan fingerprint density at radius 3 is 2.50 bits per heavy atom. The first kappa shape index (κ1) is 13.9. The molecule has 0 saturated heterocycles. The third-order valence-electron chi connectivity index (χ3n) is 2.30. The van der Waals surface area contributed by atoms with Crippen molar-refractivity contribution in [3.8, 4) is 0 Å². The molecule has 0 amide bonds. The highest BCUT2D eigenvalue weighted by atomic mass is 16.5. The molecule has 0 aliphatic rings. The third kappa shape index (κ3) is 10.0. The van der Waals surface area contributed by atoms with Gasteiger partial charge in [0.15, 0.2) is 0 Å². The minimum Gasteiger partial charge on any atom is -0.378 e. The standard InChI is InChI=1S/C12H27NO/c1-4-6-7-11-14-12(3)8-10-13-9-5-2/h12-13H,4-11H2,1-3H3. The van der Waals surface area contributed by atoms with Crippen LogP contribution < -0.4 is 5.32 Å². The van der Waals surface area contributed by atoms with Gasteiger partial charge in [0.2, 0.25) is 0 Å². The van der Waals surface area contributed by atoms with E-state index in [0.717, 1.165) is 26.1 Å². The fraction of sp³-hybridized carbons (Fsp3) is 1.00. The number of nitrogens with one attached hydrogen (secondary N) is 1. The first-order chi connectivity index (χ1) is 6.81. The Labute approximate surface area is 89.4 Å². The molecule has 0 rings (SSSR count). The molecule has 0 aromatic carbocycles. The Kier molecular flexibility index (Phi) is 10.9. The van der Waals surface area contributed by atoms with Crippen LogP contribution in [0.5, 0.6) is 0 Å². The van der Waals surface area contributed by atoms with E-state index >= 15 is 0 Å². The van der Waals surface area contributed by atoms with Crippen molar-refractivity contribution < 1.29 is 4.74 Å². The van der Waals surface area contributed by atoms with Gasteiger partial charge in [0, 0.05) is 6.61 Å². The van der Waals surface area contributed by atoms with Crippen LogP contribution in [-0.2, 0) is 4.74 Å². The fourth-order valence-corrected chi connectivity index (χ4v) is 1.33. The van der Waals surface area contributed by atoms with Crippen molar-refractivity contribution >= 4 is 0 Å². The van der Waals surface area contributed by atoms with Crippen molar-refractivity contribution in [2.75, 3.05) is 19.7 Å². The molecule has 0 saturated carbocycles. The maximum absolute atomic E-state index is 5.68. The van der Waals surface area contributed by atoms with Gasteiger partial charge in [-0.15, -0.1) is 0 Å². The van der Waals surface area contributed by atoms with Crippen molar-refractivity contribution in [2.45, 2.75) is 59.0 Å². The molecule has 0 aromatic heterocycles. The highest BCUT2D eigenvalue weighted by molar-refractivity contribution is 4.54. The zero-order valence-electron chi connectivity index (χ0n) is 10.1. The molecule has 2 nitrogen and oxygen atoms in total. The summed E-state index contributed by atoms with van der Waals surface area (Å²) in [5, 5.41) is 3.39. The molecule has 0 aliphatic heterocycles. The van der Waals surface area contributed by atoms with Gasteiger partial charge in [0.1, 0.15) is 0 Å². The van der Waals surface area contributed by atoms with E-state index in [1.54, 1.807) is 0 Å². The molecule has 1 atom stereocenters. The van der Waals surface area contributed by atoms with E-state index in [0.29, 0.717) is 6.10 Å². The summed E-state index contributed by atoms with van der Waals surface area (Å²) < 4.78 is 5.68. The van der Waals surface area contributed by atoms with Crippen LogP contribution in [-0.4, -0.2) is 25.8 Å². The summed E-state index contributed by atoms with van der Waals surface area (Å²) in [6.45, 7) is 9.73. The van der Waals surface area contributed by atoms with Gasteiger partial charge in [0.25, 0.3) is 0 Å². The van der Waals surface area contributed by atoms with Gasteiger partial charge in [-0.1, -0.05) is 26.7 Å². The van der Waals surface area contributed by atoms with Crippen LogP contribution in [0.4, 0.5) is 0 Å². The third-order valence-corrected chi connectivity index (χ3v) is 2.30. The van der Waals surface area contributed by atoms with Gasteiger partial charge >= 0.3 is 0 Å². The number of unbranched alkanes of at least 4 members (excludes halogenated alkanes) is 2. The zero-order valence-corrected chi connectivity index (χ0v) is 10.1. The van der Waals surface area contributed by atoms with E-state index in [9.17, 15) is 0 Å². The minimum atomic E-state index is 0.413. The van der Waals surface area contributed by atoms with Gasteiger partial charge in [-0.2, -0.15) is 0 Å². The van der Waals surface area contributed by atoms with E-state index in [4.69, 9.17) is 4.74 Å². The molecule has 0 aliphatic carbocycles. The van der Waals surface area contributed by atoms with E-state index < -0.39 is 0 Å². The van der Waals surface area contributed by atoms with Gasteiger partial charge in [-0.05, 0) is 39.3 Å². The number of hydrogen-bond donors (Lipinski definition) is 1. The lowest BCUT2D eigenvalue weighted by Gasteiger charge is -2.13. The Balaban J connectivity index is 3.07. The molecular weight excluding hydrogens is 174 g/mol. The summed E-state index contributed by atoms with van der Waals surface area (Å²) in [4.78, 5) is 0. The monoisotopic (exact) mass is 201 g/mol.